The number of ether oxygens (including phenoxy) is 3. The number of rotatable bonds is 8. The van der Waals surface area contributed by atoms with Gasteiger partial charge in [0.15, 0.2) is 0 Å². The summed E-state index contributed by atoms with van der Waals surface area (Å²) in [6.45, 7) is 1.74. The van der Waals surface area contributed by atoms with E-state index in [0.717, 1.165) is 89.9 Å². The average molecular weight is 493 g/mol. The van der Waals surface area contributed by atoms with Crippen molar-refractivity contribution < 1.29 is 33.4 Å². The summed E-state index contributed by atoms with van der Waals surface area (Å²) in [6.07, 6.45) is 15.2. The minimum Gasteiger partial charge on any atom is -0.469 e. The summed E-state index contributed by atoms with van der Waals surface area (Å²) < 4.78 is 14.4. The molecule has 6 aliphatic carbocycles. The fourth-order valence-electron chi connectivity index (χ4n) is 7.27. The number of methoxy groups -OCH3 is 3. The highest BCUT2D eigenvalue weighted by Gasteiger charge is 2.53. The molecule has 7 nitrogen and oxygen atoms in total. The number of carbonyl (C=O) groups excluding carboxylic acids is 4. The molecule has 198 valence electrons. The molecule has 0 radical (unpaired) electrons. The van der Waals surface area contributed by atoms with E-state index in [4.69, 9.17) is 14.2 Å². The largest absolute Gasteiger partial charge is 0.469 e. The quantitative estimate of drug-likeness (QED) is 0.334. The third-order valence-corrected chi connectivity index (χ3v) is 10.3. The van der Waals surface area contributed by atoms with Crippen molar-refractivity contribution in [1.82, 2.24) is 0 Å². The van der Waals surface area contributed by atoms with E-state index in [9.17, 15) is 19.2 Å². The molecule has 0 amide bonds. The second-order valence-electron chi connectivity index (χ2n) is 11.8. The van der Waals surface area contributed by atoms with Crippen LogP contribution in [0.1, 0.15) is 110 Å². The van der Waals surface area contributed by atoms with Crippen molar-refractivity contribution in [3.8, 4) is 0 Å². The van der Waals surface area contributed by atoms with Gasteiger partial charge in [-0.1, -0.05) is 0 Å². The molecule has 6 saturated carbocycles. The predicted octanol–water partition coefficient (Wildman–Crippen LogP) is 5.32. The molecular formula is C28H44O7. The second-order valence-corrected chi connectivity index (χ2v) is 11.8. The van der Waals surface area contributed by atoms with E-state index in [0.29, 0.717) is 24.0 Å². The molecule has 6 aliphatic rings. The summed E-state index contributed by atoms with van der Waals surface area (Å²) in [4.78, 5) is 46.1. The van der Waals surface area contributed by atoms with E-state index in [-0.39, 0.29) is 34.2 Å². The highest BCUT2D eigenvalue weighted by Crippen LogP contribution is 2.60. The van der Waals surface area contributed by atoms with Gasteiger partial charge in [-0.2, -0.15) is 0 Å². The van der Waals surface area contributed by atoms with Gasteiger partial charge in [0.2, 0.25) is 0 Å². The Morgan fingerprint density at radius 2 is 0.886 bits per heavy atom. The molecule has 6 fully saturated rings. The highest BCUT2D eigenvalue weighted by atomic mass is 16.5. The average Bonchev–Trinajstić information content (AvgIpc) is 2.92. The van der Waals surface area contributed by atoms with Crippen molar-refractivity contribution in [2.24, 2.45) is 21.7 Å². The monoisotopic (exact) mass is 492 g/mol. The first kappa shape index (κ1) is 27.7. The number of hydrogen-bond acceptors (Lipinski definition) is 7. The molecule has 0 N–H and O–H groups in total. The first-order chi connectivity index (χ1) is 16.6. The maximum Gasteiger partial charge on any atom is 0.311 e. The fraction of sp³-hybridized carbons (Fsp3) is 0.857. The number of esters is 3. The van der Waals surface area contributed by atoms with Gasteiger partial charge in [0.25, 0.3) is 0 Å². The van der Waals surface area contributed by atoms with Crippen LogP contribution >= 0.6 is 0 Å². The molecule has 0 aliphatic heterocycles. The van der Waals surface area contributed by atoms with Crippen molar-refractivity contribution in [2.45, 2.75) is 110 Å². The van der Waals surface area contributed by atoms with Gasteiger partial charge in [0.05, 0.1) is 26.7 Å². The highest BCUT2D eigenvalue weighted by molar-refractivity contribution is 5.82. The summed E-state index contributed by atoms with van der Waals surface area (Å²) in [5.74, 6) is 0.107. The minimum absolute atomic E-state index is 0.00693. The van der Waals surface area contributed by atoms with Gasteiger partial charge in [-0.25, -0.2) is 0 Å². The third kappa shape index (κ3) is 5.91. The van der Waals surface area contributed by atoms with Gasteiger partial charge in [-0.3, -0.25) is 19.2 Å². The molecule has 0 unspecified atom stereocenters. The van der Waals surface area contributed by atoms with E-state index in [1.165, 1.54) is 21.3 Å². The Balaban J connectivity index is 0.000000196. The lowest BCUT2D eigenvalue weighted by Crippen LogP contribution is -2.46. The molecule has 0 heterocycles. The molecule has 35 heavy (non-hydrogen) atoms. The maximum atomic E-state index is 11.9. The predicted molar refractivity (Wildman–Crippen MR) is 130 cm³/mol. The lowest BCUT2D eigenvalue weighted by molar-refractivity contribution is -0.163. The normalized spacial score (nSPS) is 34.9. The van der Waals surface area contributed by atoms with E-state index in [2.05, 4.69) is 0 Å². The Kier molecular flexibility index (Phi) is 8.69. The molecule has 0 aromatic rings. The molecule has 7 heteroatoms. The standard InChI is InChI=1S/C14H22O4.C14H22O3/c1-17-11(15)3-4-13-5-8-14(9-6-13,10-7-13)12(16)18-2;1-11(15)14-8-5-13(6-9-14,7-10-14)4-3-12(16)17-2/h3-10H2,1-2H3;3-10H2,1-2H3. The van der Waals surface area contributed by atoms with Crippen LogP contribution in [0.15, 0.2) is 0 Å². The first-order valence-corrected chi connectivity index (χ1v) is 13.3. The summed E-state index contributed by atoms with van der Waals surface area (Å²) in [7, 11) is 4.36. The van der Waals surface area contributed by atoms with Gasteiger partial charge < -0.3 is 14.2 Å². The zero-order valence-corrected chi connectivity index (χ0v) is 22.2. The number of fused-ring (bicyclic) bond motifs is 6. The van der Waals surface area contributed by atoms with Crippen LogP contribution in [0.2, 0.25) is 0 Å². The first-order valence-electron chi connectivity index (χ1n) is 13.3. The molecule has 0 spiro atoms. The summed E-state index contributed by atoms with van der Waals surface area (Å²) >= 11 is 0. The molecule has 0 aromatic heterocycles. The lowest BCUT2D eigenvalue weighted by Gasteiger charge is -2.52. The Bertz CT molecular complexity index is 765. The number of ketones is 1. The zero-order valence-electron chi connectivity index (χ0n) is 22.2. The van der Waals surface area contributed by atoms with E-state index in [1.54, 1.807) is 6.92 Å². The van der Waals surface area contributed by atoms with E-state index in [1.807, 2.05) is 0 Å². The van der Waals surface area contributed by atoms with Gasteiger partial charge in [0.1, 0.15) is 5.78 Å². The molecule has 6 rings (SSSR count). The van der Waals surface area contributed by atoms with Gasteiger partial charge in [-0.05, 0) is 108 Å². The van der Waals surface area contributed by atoms with Gasteiger partial charge in [-0.15, -0.1) is 0 Å². The summed E-state index contributed by atoms with van der Waals surface area (Å²) in [6, 6.07) is 0. The fourth-order valence-corrected chi connectivity index (χ4v) is 7.27. The molecular weight excluding hydrogens is 448 g/mol. The van der Waals surface area contributed by atoms with Crippen LogP contribution in [0.3, 0.4) is 0 Å². The van der Waals surface area contributed by atoms with Crippen molar-refractivity contribution in [3.63, 3.8) is 0 Å². The lowest BCUT2D eigenvalue weighted by atomic mass is 9.51. The Morgan fingerprint density at radius 3 is 1.17 bits per heavy atom. The third-order valence-electron chi connectivity index (χ3n) is 10.3. The Labute approximate surface area is 210 Å². The zero-order chi connectivity index (χ0) is 25.7. The summed E-state index contributed by atoms with van der Waals surface area (Å²) in [5.41, 5.74) is 0.365. The number of Topliss-reactive ketones (excluding diaryl/α,β-unsaturated/α-hetero) is 1. The van der Waals surface area contributed by atoms with Crippen molar-refractivity contribution in [1.29, 1.82) is 0 Å². The van der Waals surface area contributed by atoms with Crippen LogP contribution in [0.4, 0.5) is 0 Å². The molecule has 0 atom stereocenters. The minimum atomic E-state index is -0.220. The SMILES string of the molecule is COC(=O)CCC12CCC(C(=O)OC)(CC1)CC2.COC(=O)CCC12CCC(C(C)=O)(CC1)CC2. The molecule has 4 bridgehead atoms. The number of hydrogen-bond donors (Lipinski definition) is 0. The maximum absolute atomic E-state index is 11.9. The van der Waals surface area contributed by atoms with Crippen LogP contribution in [0, 0.1) is 21.7 Å². The van der Waals surface area contributed by atoms with E-state index >= 15 is 0 Å². The van der Waals surface area contributed by atoms with Crippen LogP contribution in [-0.4, -0.2) is 45.0 Å². The topological polar surface area (TPSA) is 96.0 Å². The van der Waals surface area contributed by atoms with E-state index < -0.39 is 0 Å². The Hall–Kier alpha value is -1.92. The van der Waals surface area contributed by atoms with Gasteiger partial charge in [0, 0.05) is 18.3 Å². The van der Waals surface area contributed by atoms with Gasteiger partial charge >= 0.3 is 17.9 Å². The van der Waals surface area contributed by atoms with Crippen LogP contribution in [-0.2, 0) is 33.4 Å². The number of carbonyl (C=O) groups is 4. The smallest absolute Gasteiger partial charge is 0.311 e. The molecule has 0 saturated heterocycles. The Morgan fingerprint density at radius 1 is 0.543 bits per heavy atom. The van der Waals surface area contributed by atoms with Crippen molar-refractivity contribution >= 4 is 23.7 Å². The van der Waals surface area contributed by atoms with Crippen LogP contribution < -0.4 is 0 Å². The van der Waals surface area contributed by atoms with Crippen molar-refractivity contribution in [2.75, 3.05) is 21.3 Å². The van der Waals surface area contributed by atoms with Crippen LogP contribution in [0.25, 0.3) is 0 Å². The second kappa shape index (κ2) is 11.0. The summed E-state index contributed by atoms with van der Waals surface area (Å²) in [5, 5.41) is 0. The van der Waals surface area contributed by atoms with Crippen molar-refractivity contribution in [3.05, 3.63) is 0 Å². The van der Waals surface area contributed by atoms with Crippen LogP contribution in [0.5, 0.6) is 0 Å². The molecule has 0 aromatic carbocycles.